The molecule has 3 aromatic carbocycles. The Labute approximate surface area is 225 Å². The summed E-state index contributed by atoms with van der Waals surface area (Å²) >= 11 is 1.32. The lowest BCUT2D eigenvalue weighted by atomic mass is 10.1. The molecule has 1 aromatic heterocycles. The molecule has 1 atom stereocenters. The van der Waals surface area contributed by atoms with Crippen LogP contribution in [0.5, 0.6) is 23.0 Å². The summed E-state index contributed by atoms with van der Waals surface area (Å²) in [5.41, 5.74) is 1.81. The third-order valence-electron chi connectivity index (χ3n) is 5.59. The molecule has 196 valence electrons. The predicted octanol–water partition coefficient (Wildman–Crippen LogP) is 4.88. The minimum atomic E-state index is -0.977. The van der Waals surface area contributed by atoms with Crippen molar-refractivity contribution in [3.05, 3.63) is 71.8 Å². The number of nitriles is 1. The Morgan fingerprint density at radius 1 is 1.03 bits per heavy atom. The number of hydrogen-bond acceptors (Lipinski definition) is 9. The van der Waals surface area contributed by atoms with E-state index < -0.39 is 12.0 Å². The van der Waals surface area contributed by atoms with Crippen molar-refractivity contribution in [3.63, 3.8) is 0 Å². The molecule has 0 aliphatic heterocycles. The van der Waals surface area contributed by atoms with E-state index in [1.54, 1.807) is 56.7 Å². The third kappa shape index (κ3) is 6.51. The lowest BCUT2D eigenvalue weighted by molar-refractivity contribution is -0.123. The summed E-state index contributed by atoms with van der Waals surface area (Å²) in [5, 5.41) is 12.4. The number of anilines is 1. The number of nitrogens with one attached hydrogen (secondary N) is 1. The van der Waals surface area contributed by atoms with E-state index in [1.165, 1.54) is 11.3 Å². The maximum Gasteiger partial charge on any atom is 0.271 e. The van der Waals surface area contributed by atoms with Crippen LogP contribution in [0.1, 0.15) is 17.2 Å². The van der Waals surface area contributed by atoms with E-state index in [1.807, 2.05) is 37.2 Å². The first kappa shape index (κ1) is 26.7. The number of benzene rings is 3. The van der Waals surface area contributed by atoms with Crippen LogP contribution in [0.4, 0.5) is 5.13 Å². The predicted molar refractivity (Wildman–Crippen MR) is 146 cm³/mol. The maximum absolute atomic E-state index is 13.5. The zero-order valence-corrected chi connectivity index (χ0v) is 22.4. The number of rotatable bonds is 11. The number of hydrogen-bond donors (Lipinski definition) is 1. The Bertz CT molecular complexity index is 1390. The molecule has 0 saturated heterocycles. The Balaban J connectivity index is 1.58. The second kappa shape index (κ2) is 12.3. The quantitative estimate of drug-likeness (QED) is 0.291. The normalized spacial score (nSPS) is 11.6. The highest BCUT2D eigenvalue weighted by atomic mass is 32.1. The van der Waals surface area contributed by atoms with Crippen LogP contribution in [-0.4, -0.2) is 57.3 Å². The summed E-state index contributed by atoms with van der Waals surface area (Å²) in [4.78, 5) is 20.1. The molecule has 1 heterocycles. The molecule has 1 N–H and O–H groups in total. The number of thiazole rings is 1. The molecular formula is C28H28N4O5S. The molecule has 9 nitrogen and oxygen atoms in total. The van der Waals surface area contributed by atoms with E-state index in [0.717, 1.165) is 11.2 Å². The highest BCUT2D eigenvalue weighted by Gasteiger charge is 2.25. The summed E-state index contributed by atoms with van der Waals surface area (Å²) in [6.45, 7) is 1.33. The van der Waals surface area contributed by atoms with Crippen molar-refractivity contribution in [1.82, 2.24) is 9.88 Å². The summed E-state index contributed by atoms with van der Waals surface area (Å²) in [6.07, 6.45) is -0.977. The highest BCUT2D eigenvalue weighted by Crippen LogP contribution is 2.36. The number of amides is 1. The van der Waals surface area contributed by atoms with Crippen LogP contribution in [0.3, 0.4) is 0 Å². The zero-order chi connectivity index (χ0) is 27.1. The number of likely N-dealkylation sites (N-methyl/N-ethyl adjacent to an activating group) is 1. The molecule has 0 bridgehead atoms. The minimum Gasteiger partial charge on any atom is -0.493 e. The van der Waals surface area contributed by atoms with Crippen molar-refractivity contribution >= 4 is 32.6 Å². The van der Waals surface area contributed by atoms with Gasteiger partial charge in [-0.2, -0.15) is 5.26 Å². The number of fused-ring (bicyclic) bond motifs is 1. The van der Waals surface area contributed by atoms with Crippen LogP contribution < -0.4 is 24.3 Å². The molecule has 4 aromatic rings. The maximum atomic E-state index is 13.5. The molecule has 1 unspecified atom stereocenters. The van der Waals surface area contributed by atoms with Crippen LogP contribution in [0.15, 0.2) is 60.7 Å². The van der Waals surface area contributed by atoms with E-state index in [-0.39, 0.29) is 0 Å². The van der Waals surface area contributed by atoms with Crippen LogP contribution >= 0.6 is 11.3 Å². The fourth-order valence-electron chi connectivity index (χ4n) is 3.58. The summed E-state index contributed by atoms with van der Waals surface area (Å²) in [7, 11) is 7.09. The number of carbonyl (C=O) groups excluding carboxylic acids is 1. The monoisotopic (exact) mass is 532 g/mol. The topological polar surface area (TPSA) is 106 Å². The average molecular weight is 533 g/mol. The standard InChI is InChI=1S/C28H28N4O5S/c1-32(2)13-14-36-20-11-7-19(8-12-20)26(37-21-9-5-18(17-29)6-10-21)27(33)31-28-30-22-15-23(34-3)24(35-4)16-25(22)38-28/h5-12,15-16,26H,13-14H2,1-4H3,(H,30,31,33). The highest BCUT2D eigenvalue weighted by molar-refractivity contribution is 7.22. The van der Waals surface area contributed by atoms with Gasteiger partial charge in [0.25, 0.3) is 5.91 Å². The fourth-order valence-corrected chi connectivity index (χ4v) is 4.46. The van der Waals surface area contributed by atoms with Gasteiger partial charge >= 0.3 is 0 Å². The summed E-state index contributed by atoms with van der Waals surface area (Å²) in [6, 6.07) is 19.5. The van der Waals surface area contributed by atoms with Gasteiger partial charge in [-0.1, -0.05) is 23.5 Å². The Kier molecular flexibility index (Phi) is 8.63. The zero-order valence-electron chi connectivity index (χ0n) is 21.6. The van der Waals surface area contributed by atoms with Gasteiger partial charge in [0.15, 0.2) is 16.6 Å². The Hall–Kier alpha value is -4.33. The van der Waals surface area contributed by atoms with Crippen molar-refractivity contribution in [2.24, 2.45) is 0 Å². The van der Waals surface area contributed by atoms with Crippen LogP contribution in [-0.2, 0) is 4.79 Å². The fraction of sp³-hybridized carbons (Fsp3) is 0.250. The van der Waals surface area contributed by atoms with E-state index in [4.69, 9.17) is 24.2 Å². The van der Waals surface area contributed by atoms with Gasteiger partial charge in [0.1, 0.15) is 18.1 Å². The first-order chi connectivity index (χ1) is 18.4. The average Bonchev–Trinajstić information content (AvgIpc) is 3.32. The smallest absolute Gasteiger partial charge is 0.271 e. The largest absolute Gasteiger partial charge is 0.493 e. The Morgan fingerprint density at radius 2 is 1.68 bits per heavy atom. The molecule has 0 radical (unpaired) electrons. The molecule has 10 heteroatoms. The second-order valence-electron chi connectivity index (χ2n) is 8.54. The molecule has 0 saturated carbocycles. The van der Waals surface area contributed by atoms with Crippen molar-refractivity contribution in [2.75, 3.05) is 46.8 Å². The lowest BCUT2D eigenvalue weighted by Gasteiger charge is -2.19. The third-order valence-corrected chi connectivity index (χ3v) is 6.52. The molecule has 0 fully saturated rings. The molecule has 0 aliphatic carbocycles. The van der Waals surface area contributed by atoms with Gasteiger partial charge in [-0.15, -0.1) is 0 Å². The van der Waals surface area contributed by atoms with Crippen molar-refractivity contribution in [1.29, 1.82) is 5.26 Å². The van der Waals surface area contributed by atoms with E-state index in [9.17, 15) is 4.79 Å². The van der Waals surface area contributed by atoms with Gasteiger partial charge in [-0.25, -0.2) is 4.98 Å². The van der Waals surface area contributed by atoms with Gasteiger partial charge in [0, 0.05) is 24.2 Å². The van der Waals surface area contributed by atoms with Gasteiger partial charge in [0.2, 0.25) is 6.10 Å². The van der Waals surface area contributed by atoms with Crippen LogP contribution in [0.25, 0.3) is 10.2 Å². The van der Waals surface area contributed by atoms with Crippen molar-refractivity contribution in [2.45, 2.75) is 6.10 Å². The number of nitrogens with zero attached hydrogens (tertiary/aromatic N) is 3. The van der Waals surface area contributed by atoms with Crippen LogP contribution in [0, 0.1) is 11.3 Å². The van der Waals surface area contributed by atoms with E-state index >= 15 is 0 Å². The minimum absolute atomic E-state index is 0.395. The number of carbonyl (C=O) groups is 1. The van der Waals surface area contributed by atoms with Crippen LogP contribution in [0.2, 0.25) is 0 Å². The molecule has 38 heavy (non-hydrogen) atoms. The van der Waals surface area contributed by atoms with E-state index in [2.05, 4.69) is 16.4 Å². The Morgan fingerprint density at radius 3 is 2.32 bits per heavy atom. The first-order valence-electron chi connectivity index (χ1n) is 11.8. The molecule has 4 rings (SSSR count). The van der Waals surface area contributed by atoms with Gasteiger partial charge < -0.3 is 23.8 Å². The first-order valence-corrected chi connectivity index (χ1v) is 12.6. The molecular weight excluding hydrogens is 504 g/mol. The molecule has 0 spiro atoms. The van der Waals surface area contributed by atoms with E-state index in [0.29, 0.717) is 51.4 Å². The lowest BCUT2D eigenvalue weighted by Crippen LogP contribution is -2.25. The SMILES string of the molecule is COc1cc2nc(NC(=O)C(Oc3ccc(C#N)cc3)c3ccc(OCCN(C)C)cc3)sc2cc1OC. The van der Waals surface area contributed by atoms with Gasteiger partial charge in [-0.3, -0.25) is 10.1 Å². The van der Waals surface area contributed by atoms with Crippen molar-refractivity contribution < 1.29 is 23.7 Å². The number of methoxy groups -OCH3 is 2. The number of aromatic nitrogens is 1. The molecule has 0 aliphatic rings. The summed E-state index contributed by atoms with van der Waals surface area (Å²) in [5.74, 6) is 1.89. The van der Waals surface area contributed by atoms with Gasteiger partial charge in [0.05, 0.1) is 36.1 Å². The van der Waals surface area contributed by atoms with Gasteiger partial charge in [-0.05, 0) is 50.5 Å². The summed E-state index contributed by atoms with van der Waals surface area (Å²) < 4.78 is 23.4. The second-order valence-corrected chi connectivity index (χ2v) is 9.57. The number of ether oxygens (including phenoxy) is 4. The molecule has 1 amide bonds. The van der Waals surface area contributed by atoms with Crippen molar-refractivity contribution in [3.8, 4) is 29.1 Å².